The van der Waals surface area contributed by atoms with Crippen LogP contribution in [0.4, 0.5) is 0 Å². The van der Waals surface area contributed by atoms with Gasteiger partial charge in [0.15, 0.2) is 0 Å². The number of benzene rings is 1. The first-order valence-electron chi connectivity index (χ1n) is 20.1. The molecule has 0 radical (unpaired) electrons. The van der Waals surface area contributed by atoms with E-state index < -0.39 is 41.5 Å². The molecule has 0 unspecified atom stereocenters. The highest BCUT2D eigenvalue weighted by molar-refractivity contribution is 5.83. The molecule has 358 valence electrons. The maximum Gasteiger partial charge on any atom is 0.325 e. The minimum atomic E-state index is -1.13. The van der Waals surface area contributed by atoms with Gasteiger partial charge >= 0.3 is 23.9 Å². The Labute approximate surface area is 368 Å². The number of carboxylic acid groups (broad SMARTS) is 1. The third-order valence-electron chi connectivity index (χ3n) is 6.67. The number of carboxylic acids is 1. The summed E-state index contributed by atoms with van der Waals surface area (Å²) in [7, 11) is 0. The van der Waals surface area contributed by atoms with Crippen LogP contribution in [0.5, 0.6) is 0 Å². The van der Waals surface area contributed by atoms with Gasteiger partial charge in [-0.2, -0.15) is 0 Å². The number of nitrogens with one attached hydrogen (secondary N) is 4. The largest absolute Gasteiger partial charge is 0.480 e. The molecule has 63 heavy (non-hydrogen) atoms. The molecule has 22 heteroatoms. The molecule has 0 atom stereocenters. The van der Waals surface area contributed by atoms with E-state index >= 15 is 0 Å². The molecule has 4 amide bonds. The van der Waals surface area contributed by atoms with Crippen molar-refractivity contribution in [2.24, 2.45) is 0 Å². The Hall–Kier alpha value is -5.26. The van der Waals surface area contributed by atoms with Crippen molar-refractivity contribution >= 4 is 47.5 Å². The highest BCUT2D eigenvalue weighted by atomic mass is 16.6. The second kappa shape index (κ2) is 35.2. The topological polar surface area (TPSA) is 288 Å². The van der Waals surface area contributed by atoms with Gasteiger partial charge < -0.3 is 69.0 Å². The van der Waals surface area contributed by atoms with E-state index in [0.29, 0.717) is 0 Å². The number of carbonyl (C=O) groups is 8. The molecule has 0 spiro atoms. The highest BCUT2D eigenvalue weighted by Crippen LogP contribution is 2.08. The van der Waals surface area contributed by atoms with Gasteiger partial charge in [0.25, 0.3) is 0 Å². The molecule has 0 aromatic heterocycles. The van der Waals surface area contributed by atoms with Crippen LogP contribution >= 0.6 is 0 Å². The maximum absolute atomic E-state index is 11.7. The first-order valence-corrected chi connectivity index (χ1v) is 20.1. The summed E-state index contributed by atoms with van der Waals surface area (Å²) in [6, 6.07) is 9.22. The number of hydrogen-bond acceptors (Lipinski definition) is 17. The number of rotatable bonds is 32. The summed E-state index contributed by atoms with van der Waals surface area (Å²) in [5.41, 5.74) is -0.248. The van der Waals surface area contributed by atoms with Crippen molar-refractivity contribution in [1.29, 1.82) is 0 Å². The van der Waals surface area contributed by atoms with Crippen LogP contribution in [-0.4, -0.2) is 169 Å². The zero-order valence-electron chi connectivity index (χ0n) is 37.2. The normalized spacial score (nSPS) is 11.0. The summed E-state index contributed by atoms with van der Waals surface area (Å²) in [5, 5.41) is 18.1. The average Bonchev–Trinajstić information content (AvgIpc) is 3.19. The van der Waals surface area contributed by atoms with Gasteiger partial charge in [-0.05, 0) is 47.1 Å². The Balaban J connectivity index is 0.00000125. The molecule has 1 aromatic carbocycles. The molecule has 1 rings (SSSR count). The molecule has 5 N–H and O–H groups in total. The molecule has 0 saturated carbocycles. The zero-order chi connectivity index (χ0) is 47.4. The third-order valence-corrected chi connectivity index (χ3v) is 6.67. The Bertz CT molecular complexity index is 1500. The van der Waals surface area contributed by atoms with Gasteiger partial charge in [0, 0.05) is 13.1 Å². The fraction of sp³-hybridized carbons (Fsp3) is 0.659. The lowest BCUT2D eigenvalue weighted by Gasteiger charge is -2.19. The molecule has 22 nitrogen and oxygen atoms in total. The smallest absolute Gasteiger partial charge is 0.325 e. The molecular weight excluding hydrogens is 836 g/mol. The Morgan fingerprint density at radius 3 is 1.19 bits per heavy atom. The second-order valence-corrected chi connectivity index (χ2v) is 14.9. The van der Waals surface area contributed by atoms with Crippen molar-refractivity contribution < 1.29 is 86.1 Å². The lowest BCUT2D eigenvalue weighted by Crippen LogP contribution is -2.33. The Morgan fingerprint density at radius 1 is 0.476 bits per heavy atom. The monoisotopic (exact) mass is 902 g/mol. The van der Waals surface area contributed by atoms with E-state index in [-0.39, 0.29) is 142 Å². The Morgan fingerprint density at radius 2 is 0.825 bits per heavy atom. The van der Waals surface area contributed by atoms with Crippen LogP contribution in [0.2, 0.25) is 0 Å². The quantitative estimate of drug-likeness (QED) is 0.0356. The summed E-state index contributed by atoms with van der Waals surface area (Å²) >= 11 is 0. The first kappa shape index (κ1) is 57.7. The van der Waals surface area contributed by atoms with Crippen LogP contribution < -0.4 is 21.3 Å². The minimum Gasteiger partial charge on any atom is -0.480 e. The van der Waals surface area contributed by atoms with E-state index in [1.165, 1.54) is 0 Å². The minimum absolute atomic E-state index is 0.0838. The van der Waals surface area contributed by atoms with Crippen molar-refractivity contribution in [2.75, 3.05) is 105 Å². The van der Waals surface area contributed by atoms with Gasteiger partial charge in [0.05, 0.1) is 65.7 Å². The molecular formula is C41H66N4O18. The van der Waals surface area contributed by atoms with Crippen molar-refractivity contribution in [3.8, 4) is 0 Å². The predicted molar refractivity (Wildman–Crippen MR) is 222 cm³/mol. The lowest BCUT2D eigenvalue weighted by molar-refractivity contribution is -0.156. The van der Waals surface area contributed by atoms with Gasteiger partial charge in [0.1, 0.15) is 57.3 Å². The molecule has 1 aromatic rings. The second-order valence-electron chi connectivity index (χ2n) is 14.9. The third kappa shape index (κ3) is 41.8. The molecule has 0 aliphatic carbocycles. The number of hydrogen-bond donors (Lipinski definition) is 5. The summed E-state index contributed by atoms with van der Waals surface area (Å²) in [4.78, 5) is 90.8. The SMILES string of the molecule is CC(C)(C)OC(=O)CCNC(=O)COCCOCCOCC(=O)NCC(=O)O.CC(C)(C)OC(=O)CCNC(=O)COCCOCCOCC(=O)NCC(=O)OCc1ccccc1. The van der Waals surface area contributed by atoms with Crippen LogP contribution in [0.3, 0.4) is 0 Å². The summed E-state index contributed by atoms with van der Waals surface area (Å²) < 4.78 is 46.2. The molecule has 0 bridgehead atoms. The van der Waals surface area contributed by atoms with Crippen LogP contribution in [0.25, 0.3) is 0 Å². The van der Waals surface area contributed by atoms with Gasteiger partial charge in [-0.15, -0.1) is 0 Å². The van der Waals surface area contributed by atoms with Gasteiger partial charge in [-0.25, -0.2) is 0 Å². The van der Waals surface area contributed by atoms with E-state index in [2.05, 4.69) is 21.3 Å². The van der Waals surface area contributed by atoms with Gasteiger partial charge in [-0.3, -0.25) is 38.4 Å². The van der Waals surface area contributed by atoms with Gasteiger partial charge in [0.2, 0.25) is 23.6 Å². The standard InChI is InChI=1S/C24H36N2O9.C17H30N2O9/c1-24(2,3)35-22(29)9-10-25-20(27)17-32-13-11-31-12-14-33-18-21(28)26-15-23(30)34-16-19-7-5-4-6-8-19;1-17(2,3)28-16(24)4-5-18-13(20)11-26-8-6-25-7-9-27-12-14(21)19-10-15(22)23/h4-8H,9-18H2,1-3H3,(H,25,27)(H,26,28);4-12H2,1-3H3,(H,18,20)(H,19,21)(H,22,23). The van der Waals surface area contributed by atoms with E-state index in [9.17, 15) is 38.4 Å². The number of amides is 4. The number of ether oxygens (including phenoxy) is 9. The van der Waals surface area contributed by atoms with Crippen molar-refractivity contribution in [1.82, 2.24) is 21.3 Å². The van der Waals surface area contributed by atoms with E-state index in [0.717, 1.165) is 5.56 Å². The van der Waals surface area contributed by atoms with Crippen molar-refractivity contribution in [2.45, 2.75) is 72.2 Å². The number of carbonyl (C=O) groups excluding carboxylic acids is 7. The molecule has 0 fully saturated rings. The highest BCUT2D eigenvalue weighted by Gasteiger charge is 2.17. The van der Waals surface area contributed by atoms with E-state index in [4.69, 9.17) is 47.7 Å². The number of esters is 3. The zero-order valence-corrected chi connectivity index (χ0v) is 37.2. The fourth-order valence-corrected chi connectivity index (χ4v) is 4.07. The van der Waals surface area contributed by atoms with Crippen molar-refractivity contribution in [3.63, 3.8) is 0 Å². The molecule has 0 heterocycles. The molecule has 0 saturated heterocycles. The summed E-state index contributed by atoms with van der Waals surface area (Å²) in [6.45, 7) is 11.3. The fourth-order valence-electron chi connectivity index (χ4n) is 4.07. The first-order chi connectivity index (χ1) is 29.8. The van der Waals surface area contributed by atoms with Crippen LogP contribution in [0.15, 0.2) is 30.3 Å². The lowest BCUT2D eigenvalue weighted by atomic mass is 10.2. The van der Waals surface area contributed by atoms with Crippen LogP contribution in [0.1, 0.15) is 59.9 Å². The summed E-state index contributed by atoms with van der Waals surface area (Å²) in [6.07, 6.45) is 0.170. The van der Waals surface area contributed by atoms with Gasteiger partial charge in [-0.1, -0.05) is 30.3 Å². The van der Waals surface area contributed by atoms with Crippen LogP contribution in [0, 0.1) is 0 Å². The van der Waals surface area contributed by atoms with E-state index in [1.54, 1.807) is 41.5 Å². The predicted octanol–water partition coefficient (Wildman–Crippen LogP) is -0.171. The number of aliphatic carboxylic acids is 1. The van der Waals surface area contributed by atoms with Crippen LogP contribution in [-0.2, 0) is 87.6 Å². The van der Waals surface area contributed by atoms with Crippen molar-refractivity contribution in [3.05, 3.63) is 35.9 Å². The molecule has 0 aliphatic rings. The van der Waals surface area contributed by atoms with E-state index in [1.807, 2.05) is 30.3 Å². The maximum atomic E-state index is 11.7. The molecule has 0 aliphatic heterocycles. The average molecular weight is 903 g/mol. The summed E-state index contributed by atoms with van der Waals surface area (Å²) in [5.74, 6) is -4.09. The Kier molecular flexibility index (Phi) is 32.3.